The van der Waals surface area contributed by atoms with Gasteiger partial charge in [0, 0.05) is 18.2 Å². The van der Waals surface area contributed by atoms with Gasteiger partial charge in [-0.25, -0.2) is 12.8 Å². The number of hydrogen-bond acceptors (Lipinski definition) is 7. The summed E-state index contributed by atoms with van der Waals surface area (Å²) in [5.74, 6) is -0.222. The molecule has 10 heteroatoms. The van der Waals surface area contributed by atoms with Crippen molar-refractivity contribution in [1.29, 1.82) is 0 Å². The van der Waals surface area contributed by atoms with Crippen molar-refractivity contribution in [2.75, 3.05) is 17.3 Å². The average Bonchev–Trinajstić information content (AvgIpc) is 3.38. The summed E-state index contributed by atoms with van der Waals surface area (Å²) in [4.78, 5) is 14.6. The fourth-order valence-electron chi connectivity index (χ4n) is 3.41. The third-order valence-corrected chi connectivity index (χ3v) is 7.54. The van der Waals surface area contributed by atoms with Gasteiger partial charge in [-0.1, -0.05) is 42.1 Å². The zero-order chi connectivity index (χ0) is 21.8. The Bertz CT molecular complexity index is 1150. The summed E-state index contributed by atoms with van der Waals surface area (Å²) < 4.78 is 42.6. The van der Waals surface area contributed by atoms with Gasteiger partial charge in [-0.15, -0.1) is 10.2 Å². The molecule has 0 unspecified atom stereocenters. The highest BCUT2D eigenvalue weighted by molar-refractivity contribution is 7.99. The molecule has 1 fully saturated rings. The fraction of sp³-hybridized carbons (Fsp3) is 0.286. The SMILES string of the molecule is O=C(CSc1nnc(-c2ccc(F)cc2)o1)N(Cc1ccccc1)[C@@H]1CCS(=O)(=O)C1. The van der Waals surface area contributed by atoms with E-state index in [9.17, 15) is 17.6 Å². The minimum Gasteiger partial charge on any atom is -0.411 e. The van der Waals surface area contributed by atoms with Crippen molar-refractivity contribution in [3.63, 3.8) is 0 Å². The molecule has 4 rings (SSSR count). The number of benzene rings is 2. The minimum atomic E-state index is -3.13. The average molecular weight is 462 g/mol. The predicted octanol–water partition coefficient (Wildman–Crippen LogP) is 3.18. The molecule has 2 aromatic carbocycles. The first kappa shape index (κ1) is 21.5. The van der Waals surface area contributed by atoms with Crippen LogP contribution < -0.4 is 0 Å². The van der Waals surface area contributed by atoms with Crippen molar-refractivity contribution in [3.8, 4) is 11.5 Å². The molecule has 0 bridgehead atoms. The molecular weight excluding hydrogens is 441 g/mol. The van der Waals surface area contributed by atoms with Crippen molar-refractivity contribution in [2.45, 2.75) is 24.2 Å². The van der Waals surface area contributed by atoms with Crippen LogP contribution in [0.1, 0.15) is 12.0 Å². The quantitative estimate of drug-likeness (QED) is 0.499. The Morgan fingerprint density at radius 2 is 1.87 bits per heavy atom. The van der Waals surface area contributed by atoms with Crippen LogP contribution in [-0.2, 0) is 21.2 Å². The van der Waals surface area contributed by atoms with E-state index in [0.29, 0.717) is 18.5 Å². The van der Waals surface area contributed by atoms with Gasteiger partial charge in [0.15, 0.2) is 9.84 Å². The Morgan fingerprint density at radius 3 is 2.55 bits per heavy atom. The van der Waals surface area contributed by atoms with Crippen LogP contribution in [0.15, 0.2) is 64.2 Å². The smallest absolute Gasteiger partial charge is 0.277 e. The normalized spacial score (nSPS) is 17.5. The first-order valence-corrected chi connectivity index (χ1v) is 12.5. The molecule has 1 aliphatic rings. The van der Waals surface area contributed by atoms with Crippen LogP contribution in [0.4, 0.5) is 4.39 Å². The number of halogens is 1. The van der Waals surface area contributed by atoms with Crippen LogP contribution >= 0.6 is 11.8 Å². The molecule has 1 atom stereocenters. The number of nitrogens with zero attached hydrogens (tertiary/aromatic N) is 3. The summed E-state index contributed by atoms with van der Waals surface area (Å²) >= 11 is 1.09. The van der Waals surface area contributed by atoms with Crippen molar-refractivity contribution >= 4 is 27.5 Å². The van der Waals surface area contributed by atoms with E-state index < -0.39 is 9.84 Å². The molecule has 7 nitrogen and oxygen atoms in total. The second-order valence-corrected chi connectivity index (χ2v) is 10.4. The monoisotopic (exact) mass is 461 g/mol. The van der Waals surface area contributed by atoms with Crippen molar-refractivity contribution < 1.29 is 22.0 Å². The lowest BCUT2D eigenvalue weighted by Gasteiger charge is -2.28. The molecule has 162 valence electrons. The molecular formula is C21H20FN3O4S2. The topological polar surface area (TPSA) is 93.4 Å². The van der Waals surface area contributed by atoms with E-state index in [2.05, 4.69) is 10.2 Å². The van der Waals surface area contributed by atoms with Crippen LogP contribution in [0.5, 0.6) is 0 Å². The lowest BCUT2D eigenvalue weighted by atomic mass is 10.1. The molecule has 0 saturated carbocycles. The summed E-state index contributed by atoms with van der Waals surface area (Å²) in [6.07, 6.45) is 0.431. The molecule has 1 aliphatic heterocycles. The second kappa shape index (κ2) is 9.19. The van der Waals surface area contributed by atoms with Gasteiger partial charge in [0.25, 0.3) is 5.22 Å². The van der Waals surface area contributed by atoms with Crippen molar-refractivity contribution in [3.05, 3.63) is 66.0 Å². The Kier molecular flexibility index (Phi) is 6.38. The van der Waals surface area contributed by atoms with E-state index in [4.69, 9.17) is 4.42 Å². The van der Waals surface area contributed by atoms with Crippen LogP contribution in [0.2, 0.25) is 0 Å². The molecule has 2 heterocycles. The second-order valence-electron chi connectivity index (χ2n) is 7.23. The number of sulfone groups is 1. The molecule has 3 aromatic rings. The molecule has 31 heavy (non-hydrogen) atoms. The van der Waals surface area contributed by atoms with Gasteiger partial charge in [-0.05, 0) is 36.2 Å². The fourth-order valence-corrected chi connectivity index (χ4v) is 5.79. The Balaban J connectivity index is 1.44. The Hall–Kier alpha value is -2.72. The lowest BCUT2D eigenvalue weighted by molar-refractivity contribution is -0.130. The molecule has 1 saturated heterocycles. The molecule has 0 aliphatic carbocycles. The largest absolute Gasteiger partial charge is 0.411 e. The minimum absolute atomic E-state index is 0.0223. The number of carbonyl (C=O) groups is 1. The van der Waals surface area contributed by atoms with Crippen molar-refractivity contribution in [1.82, 2.24) is 15.1 Å². The zero-order valence-electron chi connectivity index (χ0n) is 16.5. The predicted molar refractivity (Wildman–Crippen MR) is 114 cm³/mol. The molecule has 1 amide bonds. The van der Waals surface area contributed by atoms with E-state index in [1.165, 1.54) is 24.3 Å². The van der Waals surface area contributed by atoms with Gasteiger partial charge in [0.2, 0.25) is 11.8 Å². The Labute approximate surface area is 183 Å². The first-order valence-electron chi connectivity index (χ1n) is 9.66. The van der Waals surface area contributed by atoms with E-state index in [0.717, 1.165) is 17.3 Å². The van der Waals surface area contributed by atoms with Crippen molar-refractivity contribution in [2.24, 2.45) is 0 Å². The van der Waals surface area contributed by atoms with E-state index in [-0.39, 0.29) is 46.1 Å². The maximum Gasteiger partial charge on any atom is 0.277 e. The van der Waals surface area contributed by atoms with Gasteiger partial charge in [0.1, 0.15) is 5.82 Å². The first-order chi connectivity index (χ1) is 14.9. The van der Waals surface area contributed by atoms with E-state index in [1.807, 2.05) is 30.3 Å². The lowest BCUT2D eigenvalue weighted by Crippen LogP contribution is -2.41. The highest BCUT2D eigenvalue weighted by Crippen LogP contribution is 2.25. The highest BCUT2D eigenvalue weighted by atomic mass is 32.2. The molecule has 1 aromatic heterocycles. The highest BCUT2D eigenvalue weighted by Gasteiger charge is 2.34. The third kappa shape index (κ3) is 5.50. The van der Waals surface area contributed by atoms with Gasteiger partial charge in [-0.2, -0.15) is 0 Å². The maximum atomic E-state index is 13.1. The van der Waals surface area contributed by atoms with Gasteiger partial charge >= 0.3 is 0 Å². The van der Waals surface area contributed by atoms with Crippen LogP contribution in [0.25, 0.3) is 11.5 Å². The summed E-state index contributed by atoms with van der Waals surface area (Å²) in [6, 6.07) is 14.8. The van der Waals surface area contributed by atoms with Gasteiger partial charge in [-0.3, -0.25) is 4.79 Å². The summed E-state index contributed by atoms with van der Waals surface area (Å²) in [6.45, 7) is 0.338. The van der Waals surface area contributed by atoms with Crippen LogP contribution in [0.3, 0.4) is 0 Å². The standard InChI is InChI=1S/C21H20FN3O4S2/c22-17-8-6-16(7-9-17)20-23-24-21(29-20)30-13-19(26)25(12-15-4-2-1-3-5-15)18-10-11-31(27,28)14-18/h1-9,18H,10-14H2/t18-/m1/s1. The number of aromatic nitrogens is 2. The molecule has 0 spiro atoms. The number of thioether (sulfide) groups is 1. The molecule has 0 N–H and O–H groups in total. The van der Waals surface area contributed by atoms with Gasteiger partial charge < -0.3 is 9.32 Å². The maximum absolute atomic E-state index is 13.1. The third-order valence-electron chi connectivity index (χ3n) is 4.98. The van der Waals surface area contributed by atoms with Crippen LogP contribution in [0, 0.1) is 5.82 Å². The summed E-state index contributed by atoms with van der Waals surface area (Å²) in [5, 5.41) is 8.09. The number of hydrogen-bond donors (Lipinski definition) is 0. The molecule has 0 radical (unpaired) electrons. The zero-order valence-corrected chi connectivity index (χ0v) is 18.1. The van der Waals surface area contributed by atoms with E-state index in [1.54, 1.807) is 4.90 Å². The van der Waals surface area contributed by atoms with E-state index >= 15 is 0 Å². The van der Waals surface area contributed by atoms with Crippen LogP contribution in [-0.4, -0.2) is 52.7 Å². The summed E-state index contributed by atoms with van der Waals surface area (Å²) in [7, 11) is -3.13. The van der Waals surface area contributed by atoms with Gasteiger partial charge in [0.05, 0.1) is 17.3 Å². The summed E-state index contributed by atoms with van der Waals surface area (Å²) in [5.41, 5.74) is 1.51. The number of rotatable bonds is 7. The number of amides is 1. The Morgan fingerprint density at radius 1 is 1.13 bits per heavy atom. The number of carbonyl (C=O) groups excluding carboxylic acids is 1.